The van der Waals surface area contributed by atoms with E-state index in [9.17, 15) is 0 Å². The zero-order valence-corrected chi connectivity index (χ0v) is 87.9. The molecule has 5 heterocycles. The van der Waals surface area contributed by atoms with Crippen LogP contribution in [-0.4, -0.2) is 0 Å². The number of pyridine rings is 5. The maximum atomic E-state index is 8.69. The Morgan fingerprint density at radius 1 is 0.216 bits per heavy atom. The van der Waals surface area contributed by atoms with Gasteiger partial charge in [-0.15, -0.1) is 0 Å². The van der Waals surface area contributed by atoms with Gasteiger partial charge in [0.15, 0.2) is 29.4 Å². The van der Waals surface area contributed by atoms with Crippen LogP contribution in [0.25, 0.3) is 121 Å². The van der Waals surface area contributed by atoms with Crippen molar-refractivity contribution in [3.63, 3.8) is 0 Å². The van der Waals surface area contributed by atoms with Crippen molar-refractivity contribution in [1.29, 1.82) is 0 Å². The molecule has 0 aliphatic heterocycles. The molecule has 11 aromatic carbocycles. The SMILES string of the molecule is Cc1ccc2c(-c3cc(-c4ccccc4)ccc3C)[n+](C)c(C)cc2c1.Cc1ccc2c(-c3cc(C4CCCCC4)cc(C)c3C)[n+](C)c(C)cc2c1.Cc1ccc2c(-c3cc(C4CCCCC4)ccc3C)[n+](C)c(C)cc2c1.[2H]c1cc2cc(C)ccc2c(-c2cc(C3CCCC3)cc(C3CCCC3)c2C)[n+]1C.[2H]c1cc2cc(C)ccc2c(-c2cc(C3CCCCC3)cc(C3CCCCC3)c2C)[n+]1C. The number of fused-ring (bicyclic) bond motifs is 5. The molecular formula is C134H158N5+5. The third-order valence-corrected chi connectivity index (χ3v) is 33.9. The highest BCUT2D eigenvalue weighted by Crippen LogP contribution is 2.48. The van der Waals surface area contributed by atoms with Gasteiger partial charge in [-0.05, 0) is 354 Å². The van der Waals surface area contributed by atoms with Crippen molar-refractivity contribution in [2.45, 2.75) is 312 Å². The van der Waals surface area contributed by atoms with E-state index >= 15 is 0 Å². The quantitative estimate of drug-likeness (QED) is 0.109. The summed E-state index contributed by atoms with van der Waals surface area (Å²) in [5.41, 5.74) is 43.9. The van der Waals surface area contributed by atoms with Gasteiger partial charge in [0.2, 0.25) is 28.5 Å². The molecule has 0 radical (unpaired) electrons. The molecule has 6 fully saturated rings. The first kappa shape index (κ1) is 95.0. The normalized spacial score (nSPS) is 16.1. The van der Waals surface area contributed by atoms with Crippen molar-refractivity contribution in [2.24, 2.45) is 35.2 Å². The third-order valence-electron chi connectivity index (χ3n) is 33.9. The van der Waals surface area contributed by atoms with E-state index in [4.69, 9.17) is 2.74 Å². The summed E-state index contributed by atoms with van der Waals surface area (Å²) in [6.07, 6.45) is 39.3. The van der Waals surface area contributed by atoms with Gasteiger partial charge in [0, 0.05) is 56.7 Å². The molecule has 139 heavy (non-hydrogen) atoms. The van der Waals surface area contributed by atoms with Crippen LogP contribution in [-0.2, 0) is 35.2 Å². The highest BCUT2D eigenvalue weighted by Gasteiger charge is 2.33. The Bertz CT molecular complexity index is 7330. The topological polar surface area (TPSA) is 19.4 Å². The van der Waals surface area contributed by atoms with Gasteiger partial charge < -0.3 is 0 Å². The first-order chi connectivity index (χ1) is 68.1. The van der Waals surface area contributed by atoms with Gasteiger partial charge in [-0.2, -0.15) is 13.7 Å². The van der Waals surface area contributed by atoms with E-state index in [1.165, 1.54) is 385 Å². The monoisotopic (exact) mass is 1840 g/mol. The maximum Gasteiger partial charge on any atom is 0.220 e. The third kappa shape index (κ3) is 21.3. The average molecular weight is 1840 g/mol. The average Bonchev–Trinajstić information content (AvgIpc) is 1.13. The standard InChI is InChI=1S/C30H38N.C28H34N.C26H32N.C25H30N.C25H24N/c1-21-14-15-27-25(18-21)16-17-31(3)30(27)29-20-26(23-10-6-4-7-11-23)19-28(22(29)2)24-12-8-5-9-13-24;1-19-12-13-25-23(16-19)14-15-29(3)28(25)27-18-24(21-8-4-5-9-21)17-26(20(27)2)22-10-6-7-11-22;1-17-11-12-24-23(13-17)15-19(3)27(5)26(24)25-16-22(14-18(2)20(25)4)21-9-7-6-8-10-21;2*1-17-10-13-23-22(14-17)15-19(3)26(4)25(23)24-16-21(12-11-18(24)2)20-8-6-5-7-9-20/h14-20,23-24H,4-13H2,1-3H3;12-18,21-22H,4-11H2,1-3H3;11-16,21H,6-10H2,1-5H3;10-16,20H,5-9H2,1-4H3;5-16H,1-4H3/q5*+1/i17D;15D;;;. The summed E-state index contributed by atoms with van der Waals surface area (Å²) in [5, 5.41) is 12.9. The van der Waals surface area contributed by atoms with Crippen molar-refractivity contribution in [3.05, 3.63) is 348 Å². The second-order valence-corrected chi connectivity index (χ2v) is 43.7. The van der Waals surface area contributed by atoms with Crippen molar-refractivity contribution in [3.8, 4) is 67.4 Å². The van der Waals surface area contributed by atoms with Crippen LogP contribution < -0.4 is 22.8 Å². The van der Waals surface area contributed by atoms with Crippen molar-refractivity contribution >= 4 is 53.9 Å². The number of benzene rings is 11. The Morgan fingerprint density at radius 3 is 0.885 bits per heavy atom. The molecule has 0 amide bonds. The van der Waals surface area contributed by atoms with Crippen LogP contribution in [0, 0.1) is 96.9 Å². The smallest absolute Gasteiger partial charge is 0.200 e. The second-order valence-electron chi connectivity index (χ2n) is 43.7. The zero-order chi connectivity index (χ0) is 98.7. The van der Waals surface area contributed by atoms with E-state index in [-0.39, 0.29) is 0 Å². The first-order valence-electron chi connectivity index (χ1n) is 54.8. The number of rotatable bonds is 12. The van der Waals surface area contributed by atoms with Gasteiger partial charge in [0.05, 0.1) is 49.2 Å². The zero-order valence-electron chi connectivity index (χ0n) is 89.9. The van der Waals surface area contributed by atoms with Gasteiger partial charge in [0.25, 0.3) is 0 Å². The fraction of sp³-hybridized carbons (Fsp3) is 0.396. The molecule has 22 rings (SSSR count). The Morgan fingerprint density at radius 2 is 0.511 bits per heavy atom. The minimum absolute atomic E-state index is 0.580. The molecule has 5 heteroatoms. The Labute approximate surface area is 837 Å². The van der Waals surface area contributed by atoms with Gasteiger partial charge >= 0.3 is 0 Å². The van der Waals surface area contributed by atoms with Gasteiger partial charge in [0.1, 0.15) is 38.0 Å². The van der Waals surface area contributed by atoms with E-state index in [0.29, 0.717) is 36.0 Å². The lowest BCUT2D eigenvalue weighted by Gasteiger charge is -2.28. The van der Waals surface area contributed by atoms with Crippen LogP contribution in [0.2, 0.25) is 0 Å². The molecule has 0 unspecified atom stereocenters. The van der Waals surface area contributed by atoms with Crippen LogP contribution >= 0.6 is 0 Å². The molecule has 0 N–H and O–H groups in total. The molecule has 0 bridgehead atoms. The summed E-state index contributed by atoms with van der Waals surface area (Å²) in [6.45, 7) is 31.1. The van der Waals surface area contributed by atoms with Crippen LogP contribution in [0.15, 0.2) is 237 Å². The highest BCUT2D eigenvalue weighted by molar-refractivity contribution is 5.99. The first-order valence-corrected chi connectivity index (χ1v) is 53.8. The molecule has 5 aromatic heterocycles. The molecular weight excluding hydrogens is 1680 g/mol. The Kier molecular flexibility index (Phi) is 29.6. The number of aromatic nitrogens is 5. The lowest BCUT2D eigenvalue weighted by molar-refractivity contribution is -0.665. The Hall–Kier alpha value is -11.5. The molecule has 714 valence electrons. The van der Waals surface area contributed by atoms with Crippen molar-refractivity contribution in [2.75, 3.05) is 0 Å². The minimum atomic E-state index is 0.580. The Balaban J connectivity index is 0.000000117. The largest absolute Gasteiger partial charge is 0.220 e. The summed E-state index contributed by atoms with van der Waals surface area (Å²) in [6, 6.07) is 84.5. The summed E-state index contributed by atoms with van der Waals surface area (Å²) in [5.74, 6) is 4.30. The number of nitrogens with zero attached hydrogens (tertiary/aromatic N) is 5. The number of aryl methyl sites for hydroxylation is 11. The summed E-state index contributed by atoms with van der Waals surface area (Å²) < 4.78 is 28.6. The van der Waals surface area contributed by atoms with Crippen molar-refractivity contribution in [1.82, 2.24) is 0 Å². The predicted molar refractivity (Wildman–Crippen MR) is 590 cm³/mol. The highest BCUT2D eigenvalue weighted by atomic mass is 15.0. The van der Waals surface area contributed by atoms with Gasteiger partial charge in [-0.1, -0.05) is 264 Å². The van der Waals surface area contributed by atoms with Gasteiger partial charge in [-0.25, -0.2) is 9.13 Å². The van der Waals surface area contributed by atoms with Crippen LogP contribution in [0.3, 0.4) is 0 Å². The molecule has 6 aliphatic carbocycles. The molecule has 5 nitrogen and oxygen atoms in total. The summed E-state index contributed by atoms with van der Waals surface area (Å²) in [4.78, 5) is 0. The maximum absolute atomic E-state index is 8.69. The lowest BCUT2D eigenvalue weighted by atomic mass is 9.76. The summed E-state index contributed by atoms with van der Waals surface area (Å²) in [7, 11) is 10.7. The van der Waals surface area contributed by atoms with E-state index in [0.717, 1.165) is 11.8 Å². The number of hydrogen-bond donors (Lipinski definition) is 0. The second kappa shape index (κ2) is 43.3. The fourth-order valence-corrected chi connectivity index (χ4v) is 25.3. The predicted octanol–water partition coefficient (Wildman–Crippen LogP) is 34.1. The molecule has 0 saturated heterocycles. The van der Waals surface area contributed by atoms with E-state index in [2.05, 4.69) is 367 Å². The number of hydrogen-bond acceptors (Lipinski definition) is 0. The summed E-state index contributed by atoms with van der Waals surface area (Å²) >= 11 is 0. The minimum Gasteiger partial charge on any atom is -0.200 e. The van der Waals surface area contributed by atoms with E-state index in [1.807, 2.05) is 12.1 Å². The van der Waals surface area contributed by atoms with Crippen molar-refractivity contribution < 1.29 is 25.6 Å². The van der Waals surface area contributed by atoms with E-state index in [1.54, 1.807) is 27.8 Å². The fourth-order valence-electron chi connectivity index (χ4n) is 25.3. The van der Waals surface area contributed by atoms with E-state index < -0.39 is 0 Å². The van der Waals surface area contributed by atoms with Crippen LogP contribution in [0.1, 0.15) is 330 Å². The molecule has 6 aliphatic rings. The molecule has 0 atom stereocenters. The molecule has 16 aromatic rings. The van der Waals surface area contributed by atoms with Crippen LogP contribution in [0.5, 0.6) is 0 Å². The molecule has 0 spiro atoms. The van der Waals surface area contributed by atoms with Crippen LogP contribution in [0.4, 0.5) is 0 Å². The molecule has 6 saturated carbocycles. The lowest BCUT2D eigenvalue weighted by Crippen LogP contribution is -2.35. The van der Waals surface area contributed by atoms with Gasteiger partial charge in [-0.3, -0.25) is 0 Å².